The van der Waals surface area contributed by atoms with E-state index >= 15 is 0 Å². The maximum absolute atomic E-state index is 12.3. The van der Waals surface area contributed by atoms with Gasteiger partial charge in [-0.2, -0.15) is 4.31 Å². The van der Waals surface area contributed by atoms with Crippen LogP contribution >= 0.6 is 12.2 Å². The van der Waals surface area contributed by atoms with Gasteiger partial charge in [0.25, 0.3) is 0 Å². The highest BCUT2D eigenvalue weighted by Crippen LogP contribution is 2.25. The van der Waals surface area contributed by atoms with Crippen molar-refractivity contribution in [2.75, 3.05) is 6.54 Å². The number of aromatic nitrogens is 1. The summed E-state index contributed by atoms with van der Waals surface area (Å²) < 4.78 is 26.2. The quantitative estimate of drug-likeness (QED) is 0.835. The maximum Gasteiger partial charge on any atom is 0.244 e. The normalized spacial score (nSPS) is 21.1. The standard InChI is InChI=1S/C11H15N3O2S2/c1-8-3-2-6-14(8)18(15,16)9-4-5-10(11(12)17)13-7-9/h4-5,7-8H,2-3,6H2,1H3,(H2,12,17). The SMILES string of the molecule is CC1CCCN1S(=O)(=O)c1ccc(C(N)=S)nc1. The van der Waals surface area contributed by atoms with Crippen LogP contribution in [0.1, 0.15) is 25.5 Å². The van der Waals surface area contributed by atoms with Crippen LogP contribution in [0.5, 0.6) is 0 Å². The Kier molecular flexibility index (Phi) is 3.65. The van der Waals surface area contributed by atoms with Gasteiger partial charge in [-0.15, -0.1) is 0 Å². The van der Waals surface area contributed by atoms with Crippen LogP contribution in [0.15, 0.2) is 23.2 Å². The van der Waals surface area contributed by atoms with Gasteiger partial charge in [-0.1, -0.05) is 12.2 Å². The third-order valence-corrected chi connectivity index (χ3v) is 5.29. The molecular weight excluding hydrogens is 270 g/mol. The van der Waals surface area contributed by atoms with Gasteiger partial charge in [-0.05, 0) is 31.9 Å². The smallest absolute Gasteiger partial charge is 0.244 e. The Bertz CT molecular complexity index is 554. The summed E-state index contributed by atoms with van der Waals surface area (Å²) in [6.45, 7) is 2.49. The first kappa shape index (κ1) is 13.4. The van der Waals surface area contributed by atoms with E-state index in [1.165, 1.54) is 22.6 Å². The molecule has 1 aromatic rings. The van der Waals surface area contributed by atoms with Crippen LogP contribution in [0.4, 0.5) is 0 Å². The van der Waals surface area contributed by atoms with E-state index in [4.69, 9.17) is 18.0 Å². The average molecular weight is 285 g/mol. The molecule has 7 heteroatoms. The van der Waals surface area contributed by atoms with Crippen LogP contribution in [-0.4, -0.2) is 35.3 Å². The maximum atomic E-state index is 12.3. The van der Waals surface area contributed by atoms with Gasteiger partial charge in [-0.3, -0.25) is 4.98 Å². The number of nitrogens with zero attached hydrogens (tertiary/aromatic N) is 2. The number of thiocarbonyl (C=S) groups is 1. The lowest BCUT2D eigenvalue weighted by Gasteiger charge is -2.20. The van der Waals surface area contributed by atoms with Gasteiger partial charge in [0.1, 0.15) is 9.88 Å². The molecule has 2 rings (SSSR count). The van der Waals surface area contributed by atoms with Crippen LogP contribution in [0.3, 0.4) is 0 Å². The highest BCUT2D eigenvalue weighted by Gasteiger charge is 2.32. The van der Waals surface area contributed by atoms with Gasteiger partial charge in [0, 0.05) is 18.8 Å². The minimum atomic E-state index is -3.44. The minimum Gasteiger partial charge on any atom is -0.388 e. The molecule has 0 radical (unpaired) electrons. The predicted molar refractivity (Wildman–Crippen MR) is 72.7 cm³/mol. The summed E-state index contributed by atoms with van der Waals surface area (Å²) in [5.41, 5.74) is 5.86. The Balaban J connectivity index is 2.33. The topological polar surface area (TPSA) is 76.3 Å². The Hall–Kier alpha value is -1.05. The second-order valence-corrected chi connectivity index (χ2v) is 6.68. The summed E-state index contributed by atoms with van der Waals surface area (Å²) in [5.74, 6) is 0. The van der Waals surface area contributed by atoms with E-state index in [1.54, 1.807) is 0 Å². The molecule has 2 N–H and O–H groups in total. The zero-order valence-electron chi connectivity index (χ0n) is 10.0. The van der Waals surface area contributed by atoms with E-state index in [0.29, 0.717) is 12.2 Å². The van der Waals surface area contributed by atoms with Crippen LogP contribution in [-0.2, 0) is 10.0 Å². The number of pyridine rings is 1. The van der Waals surface area contributed by atoms with Crippen LogP contribution in [0, 0.1) is 0 Å². The minimum absolute atomic E-state index is 0.0465. The van der Waals surface area contributed by atoms with Crippen LogP contribution < -0.4 is 5.73 Å². The first-order valence-electron chi connectivity index (χ1n) is 5.70. The fourth-order valence-electron chi connectivity index (χ4n) is 2.08. The molecule has 1 saturated heterocycles. The zero-order valence-corrected chi connectivity index (χ0v) is 11.7. The predicted octanol–water partition coefficient (Wildman–Crippen LogP) is 0.889. The number of hydrogen-bond donors (Lipinski definition) is 1. The van der Waals surface area contributed by atoms with Gasteiger partial charge in [0.2, 0.25) is 10.0 Å². The number of rotatable bonds is 3. The molecule has 2 heterocycles. The molecule has 1 aromatic heterocycles. The Morgan fingerprint density at radius 1 is 1.56 bits per heavy atom. The van der Waals surface area contributed by atoms with Crippen molar-refractivity contribution in [2.45, 2.75) is 30.7 Å². The third kappa shape index (κ3) is 2.38. The van der Waals surface area contributed by atoms with Crippen molar-refractivity contribution in [3.63, 3.8) is 0 Å². The lowest BCUT2D eigenvalue weighted by molar-refractivity contribution is 0.408. The molecule has 0 spiro atoms. The molecule has 0 bridgehead atoms. The van der Waals surface area contributed by atoms with Crippen molar-refractivity contribution < 1.29 is 8.42 Å². The van der Waals surface area contributed by atoms with Gasteiger partial charge in [0.05, 0.1) is 5.69 Å². The largest absolute Gasteiger partial charge is 0.388 e. The molecular formula is C11H15N3O2S2. The zero-order chi connectivity index (χ0) is 13.3. The molecule has 0 aromatic carbocycles. The molecule has 0 amide bonds. The second kappa shape index (κ2) is 4.91. The van der Waals surface area contributed by atoms with E-state index in [0.717, 1.165) is 12.8 Å². The van der Waals surface area contributed by atoms with Gasteiger partial charge in [0.15, 0.2) is 0 Å². The fourth-order valence-corrected chi connectivity index (χ4v) is 3.84. The van der Waals surface area contributed by atoms with Gasteiger partial charge in [-0.25, -0.2) is 8.42 Å². The van der Waals surface area contributed by atoms with Crippen LogP contribution in [0.25, 0.3) is 0 Å². The lowest BCUT2D eigenvalue weighted by Crippen LogP contribution is -2.33. The summed E-state index contributed by atoms with van der Waals surface area (Å²) >= 11 is 4.78. The number of hydrogen-bond acceptors (Lipinski definition) is 4. The first-order valence-corrected chi connectivity index (χ1v) is 7.55. The van der Waals surface area contributed by atoms with Crippen molar-refractivity contribution >= 4 is 27.2 Å². The van der Waals surface area contributed by atoms with Crippen LogP contribution in [0.2, 0.25) is 0 Å². The highest BCUT2D eigenvalue weighted by atomic mass is 32.2. The van der Waals surface area contributed by atoms with E-state index in [9.17, 15) is 8.42 Å². The summed E-state index contributed by atoms with van der Waals surface area (Å²) in [5, 5.41) is 0. The number of nitrogens with two attached hydrogens (primary N) is 1. The molecule has 98 valence electrons. The summed E-state index contributed by atoms with van der Waals surface area (Å²) in [4.78, 5) is 4.32. The molecule has 18 heavy (non-hydrogen) atoms. The highest BCUT2D eigenvalue weighted by molar-refractivity contribution is 7.89. The van der Waals surface area contributed by atoms with E-state index in [-0.39, 0.29) is 15.9 Å². The monoisotopic (exact) mass is 285 g/mol. The average Bonchev–Trinajstić information content (AvgIpc) is 2.76. The molecule has 1 aliphatic rings. The third-order valence-electron chi connectivity index (χ3n) is 3.09. The van der Waals surface area contributed by atoms with E-state index < -0.39 is 10.0 Å². The molecule has 1 aliphatic heterocycles. The molecule has 0 aliphatic carbocycles. The molecule has 0 saturated carbocycles. The molecule has 1 atom stereocenters. The van der Waals surface area contributed by atoms with Crippen molar-refractivity contribution in [3.8, 4) is 0 Å². The van der Waals surface area contributed by atoms with Crippen molar-refractivity contribution in [3.05, 3.63) is 24.0 Å². The first-order chi connectivity index (χ1) is 8.43. The molecule has 1 fully saturated rings. The summed E-state index contributed by atoms with van der Waals surface area (Å²) in [6, 6.07) is 3.09. The van der Waals surface area contributed by atoms with E-state index in [2.05, 4.69) is 4.98 Å². The van der Waals surface area contributed by atoms with Crippen molar-refractivity contribution in [1.29, 1.82) is 0 Å². The molecule has 1 unspecified atom stereocenters. The molecule has 5 nitrogen and oxygen atoms in total. The van der Waals surface area contributed by atoms with E-state index in [1.807, 2.05) is 6.92 Å². The van der Waals surface area contributed by atoms with Crippen molar-refractivity contribution in [1.82, 2.24) is 9.29 Å². The van der Waals surface area contributed by atoms with Gasteiger partial charge >= 0.3 is 0 Å². The Labute approximate surface area is 112 Å². The summed E-state index contributed by atoms with van der Waals surface area (Å²) in [6.07, 6.45) is 3.12. The lowest BCUT2D eigenvalue weighted by atomic mass is 10.3. The fraction of sp³-hybridized carbons (Fsp3) is 0.455. The summed E-state index contributed by atoms with van der Waals surface area (Å²) in [7, 11) is -3.44. The van der Waals surface area contributed by atoms with Crippen molar-refractivity contribution in [2.24, 2.45) is 5.73 Å². The Morgan fingerprint density at radius 2 is 2.28 bits per heavy atom. The second-order valence-electron chi connectivity index (χ2n) is 4.35. The number of sulfonamides is 1. The Morgan fingerprint density at radius 3 is 2.72 bits per heavy atom. The van der Waals surface area contributed by atoms with Gasteiger partial charge < -0.3 is 5.73 Å².